The summed E-state index contributed by atoms with van der Waals surface area (Å²) in [5, 5.41) is 2.99. The van der Waals surface area contributed by atoms with Crippen molar-refractivity contribution < 1.29 is 19.1 Å². The van der Waals surface area contributed by atoms with Crippen LogP contribution in [-0.4, -0.2) is 79.5 Å². The van der Waals surface area contributed by atoms with E-state index in [1.807, 2.05) is 28.0 Å². The number of rotatable bonds is 5. The summed E-state index contributed by atoms with van der Waals surface area (Å²) in [6.45, 7) is 7.40. The highest BCUT2D eigenvalue weighted by atomic mass is 16.5. The van der Waals surface area contributed by atoms with Gasteiger partial charge in [-0.1, -0.05) is 19.3 Å². The lowest BCUT2D eigenvalue weighted by molar-refractivity contribution is -0.127. The second-order valence-electron chi connectivity index (χ2n) is 10.3. The molecule has 2 saturated heterocycles. The van der Waals surface area contributed by atoms with E-state index in [-0.39, 0.29) is 17.7 Å². The molecule has 3 aliphatic rings. The number of ether oxygens (including phenoxy) is 1. The molecular formula is C28H42N4O4. The first-order chi connectivity index (χ1) is 17.5. The van der Waals surface area contributed by atoms with E-state index < -0.39 is 0 Å². The van der Waals surface area contributed by atoms with Crippen LogP contribution in [0.25, 0.3) is 0 Å². The van der Waals surface area contributed by atoms with Crippen LogP contribution in [0, 0.1) is 0 Å². The third kappa shape index (κ3) is 7.07. The Morgan fingerprint density at radius 3 is 2.47 bits per heavy atom. The topological polar surface area (TPSA) is 82.2 Å². The van der Waals surface area contributed by atoms with Gasteiger partial charge in [-0.3, -0.25) is 19.3 Å². The van der Waals surface area contributed by atoms with Crippen LogP contribution in [0.3, 0.4) is 0 Å². The highest BCUT2D eigenvalue weighted by Gasteiger charge is 2.25. The van der Waals surface area contributed by atoms with Gasteiger partial charge in [0.15, 0.2) is 0 Å². The van der Waals surface area contributed by atoms with Crippen molar-refractivity contribution in [3.63, 3.8) is 0 Å². The van der Waals surface area contributed by atoms with Crippen LogP contribution in [0.2, 0.25) is 0 Å². The van der Waals surface area contributed by atoms with Gasteiger partial charge in [0.1, 0.15) is 0 Å². The Bertz CT molecular complexity index is 915. The Labute approximate surface area is 215 Å². The SMILES string of the molecule is CC(=O)N1CCCCCCCN(C2CCOCC2)Cc2cc(C(=O)NCCN3CCCC3=O)ccc21. The summed E-state index contributed by atoms with van der Waals surface area (Å²) in [6, 6.07) is 6.20. The number of hydrogen-bond donors (Lipinski definition) is 1. The second-order valence-corrected chi connectivity index (χ2v) is 10.3. The van der Waals surface area contributed by atoms with Gasteiger partial charge < -0.3 is 19.9 Å². The van der Waals surface area contributed by atoms with Crippen LogP contribution in [0.5, 0.6) is 0 Å². The van der Waals surface area contributed by atoms with Crippen LogP contribution in [0.4, 0.5) is 5.69 Å². The van der Waals surface area contributed by atoms with Crippen molar-refractivity contribution in [2.45, 2.75) is 77.3 Å². The molecule has 198 valence electrons. The lowest BCUT2D eigenvalue weighted by atomic mass is 10.0. The molecule has 0 saturated carbocycles. The number of anilines is 1. The van der Waals surface area contributed by atoms with Crippen molar-refractivity contribution in [2.24, 2.45) is 0 Å². The van der Waals surface area contributed by atoms with Gasteiger partial charge >= 0.3 is 0 Å². The number of amides is 3. The van der Waals surface area contributed by atoms with Crippen LogP contribution in [0.15, 0.2) is 18.2 Å². The van der Waals surface area contributed by atoms with Crippen LogP contribution >= 0.6 is 0 Å². The van der Waals surface area contributed by atoms with Crippen molar-refractivity contribution >= 4 is 23.4 Å². The third-order valence-corrected chi connectivity index (χ3v) is 7.76. The number of fused-ring (bicyclic) bond motifs is 1. The average molecular weight is 499 g/mol. The zero-order valence-corrected chi connectivity index (χ0v) is 21.8. The quantitative estimate of drug-likeness (QED) is 0.673. The minimum atomic E-state index is -0.137. The summed E-state index contributed by atoms with van der Waals surface area (Å²) in [7, 11) is 0. The molecule has 0 radical (unpaired) electrons. The number of carbonyl (C=O) groups excluding carboxylic acids is 3. The minimum absolute atomic E-state index is 0.0402. The van der Waals surface area contributed by atoms with Crippen LogP contribution in [-0.2, 0) is 20.9 Å². The zero-order chi connectivity index (χ0) is 25.3. The molecule has 0 aromatic heterocycles. The van der Waals surface area contributed by atoms with Crippen molar-refractivity contribution in [2.75, 3.05) is 50.8 Å². The van der Waals surface area contributed by atoms with Crippen molar-refractivity contribution in [1.82, 2.24) is 15.1 Å². The molecule has 8 nitrogen and oxygen atoms in total. The minimum Gasteiger partial charge on any atom is -0.381 e. The van der Waals surface area contributed by atoms with E-state index in [4.69, 9.17) is 4.74 Å². The summed E-state index contributed by atoms with van der Waals surface area (Å²) in [5.41, 5.74) is 2.54. The highest BCUT2D eigenvalue weighted by Crippen LogP contribution is 2.28. The van der Waals surface area contributed by atoms with Gasteiger partial charge in [-0.25, -0.2) is 0 Å². The number of hydrogen-bond acceptors (Lipinski definition) is 5. The third-order valence-electron chi connectivity index (χ3n) is 7.76. The summed E-state index contributed by atoms with van der Waals surface area (Å²) in [6.07, 6.45) is 9.21. The first kappa shape index (κ1) is 26.6. The normalized spacial score (nSPS) is 21.0. The van der Waals surface area contributed by atoms with Gasteiger partial charge in [0, 0.05) is 76.6 Å². The number of carbonyl (C=O) groups is 3. The molecule has 1 aromatic carbocycles. The number of nitrogens with one attached hydrogen (secondary N) is 1. The van der Waals surface area contributed by atoms with Gasteiger partial charge in [0.05, 0.1) is 0 Å². The maximum Gasteiger partial charge on any atom is 0.251 e. The smallest absolute Gasteiger partial charge is 0.251 e. The molecule has 36 heavy (non-hydrogen) atoms. The Morgan fingerprint density at radius 2 is 1.75 bits per heavy atom. The monoisotopic (exact) mass is 498 g/mol. The van der Waals surface area contributed by atoms with Gasteiger partial charge in [-0.15, -0.1) is 0 Å². The van der Waals surface area contributed by atoms with E-state index in [9.17, 15) is 14.4 Å². The molecule has 3 heterocycles. The fourth-order valence-corrected chi connectivity index (χ4v) is 5.69. The molecule has 0 atom stereocenters. The van der Waals surface area contributed by atoms with E-state index in [2.05, 4.69) is 10.2 Å². The predicted molar refractivity (Wildman–Crippen MR) is 140 cm³/mol. The first-order valence-electron chi connectivity index (χ1n) is 13.8. The van der Waals surface area contributed by atoms with E-state index in [1.165, 1.54) is 19.3 Å². The molecule has 3 aliphatic heterocycles. The number of likely N-dealkylation sites (tertiary alicyclic amines) is 1. The molecule has 1 N–H and O–H groups in total. The van der Waals surface area contributed by atoms with Gasteiger partial charge in [-0.05, 0) is 62.4 Å². The predicted octanol–water partition coefficient (Wildman–Crippen LogP) is 3.34. The molecule has 2 fully saturated rings. The summed E-state index contributed by atoms with van der Waals surface area (Å²) in [5.74, 6) is 0.0718. The molecule has 0 spiro atoms. The summed E-state index contributed by atoms with van der Waals surface area (Å²) < 4.78 is 5.62. The fourth-order valence-electron chi connectivity index (χ4n) is 5.69. The molecular weight excluding hydrogens is 456 g/mol. The average Bonchev–Trinajstić information content (AvgIpc) is 3.29. The van der Waals surface area contributed by atoms with Gasteiger partial charge in [0.25, 0.3) is 5.91 Å². The largest absolute Gasteiger partial charge is 0.381 e. The Hall–Kier alpha value is -2.45. The van der Waals surface area contributed by atoms with Gasteiger partial charge in [0.2, 0.25) is 11.8 Å². The molecule has 0 aliphatic carbocycles. The molecule has 0 unspecified atom stereocenters. The Kier molecular flexibility index (Phi) is 9.75. The van der Waals surface area contributed by atoms with Crippen molar-refractivity contribution in [1.29, 1.82) is 0 Å². The van der Waals surface area contributed by atoms with Crippen molar-refractivity contribution in [3.8, 4) is 0 Å². The van der Waals surface area contributed by atoms with Gasteiger partial charge in [-0.2, -0.15) is 0 Å². The summed E-state index contributed by atoms with van der Waals surface area (Å²) in [4.78, 5) is 43.8. The summed E-state index contributed by atoms with van der Waals surface area (Å²) >= 11 is 0. The van der Waals surface area contributed by atoms with E-state index in [0.717, 1.165) is 69.7 Å². The zero-order valence-electron chi connectivity index (χ0n) is 21.8. The van der Waals surface area contributed by atoms with Crippen LogP contribution in [0.1, 0.15) is 80.6 Å². The molecule has 0 bridgehead atoms. The van der Waals surface area contributed by atoms with E-state index >= 15 is 0 Å². The van der Waals surface area contributed by atoms with Crippen LogP contribution < -0.4 is 10.2 Å². The molecule has 4 rings (SSSR count). The first-order valence-corrected chi connectivity index (χ1v) is 13.8. The standard InChI is InChI=1S/C28H42N4O4/c1-22(33)32-16-6-4-2-3-5-14-31(25-11-18-36-19-12-25)21-24-20-23(9-10-26(24)32)28(35)29-13-17-30-15-7-8-27(30)34/h9-10,20,25H,2-8,11-19,21H2,1H3,(H,29,35). The second kappa shape index (κ2) is 13.2. The number of nitrogens with zero attached hydrogens (tertiary/aromatic N) is 3. The number of benzene rings is 1. The molecule has 1 aromatic rings. The molecule has 3 amide bonds. The lowest BCUT2D eigenvalue weighted by Crippen LogP contribution is -2.40. The maximum absolute atomic E-state index is 13.0. The lowest BCUT2D eigenvalue weighted by Gasteiger charge is -2.36. The Balaban J connectivity index is 1.55. The highest BCUT2D eigenvalue weighted by molar-refractivity contribution is 5.97. The Morgan fingerprint density at radius 1 is 1.00 bits per heavy atom. The van der Waals surface area contributed by atoms with E-state index in [1.54, 1.807) is 6.92 Å². The van der Waals surface area contributed by atoms with E-state index in [0.29, 0.717) is 44.2 Å². The fraction of sp³-hybridized carbons (Fsp3) is 0.679. The molecule has 8 heteroatoms. The van der Waals surface area contributed by atoms with Crippen molar-refractivity contribution in [3.05, 3.63) is 29.3 Å². The maximum atomic E-state index is 13.0.